The number of halogens is 1. The number of carboxylic acid groups (broad SMARTS) is 1. The Morgan fingerprint density at radius 1 is 1.06 bits per heavy atom. The summed E-state index contributed by atoms with van der Waals surface area (Å²) in [7, 11) is 0. The molecule has 3 heteroatoms. The molecular formula is C15H12ClO2-. The summed E-state index contributed by atoms with van der Waals surface area (Å²) in [6.07, 6.45) is 0.421. The molecule has 0 fully saturated rings. The Labute approximate surface area is 111 Å². The van der Waals surface area contributed by atoms with Crippen molar-refractivity contribution >= 4 is 17.6 Å². The quantitative estimate of drug-likeness (QED) is 0.846. The smallest absolute Gasteiger partial charge is 0.0492 e. The van der Waals surface area contributed by atoms with Crippen molar-refractivity contribution < 1.29 is 9.90 Å². The number of carboxylic acids is 1. The van der Waals surface area contributed by atoms with E-state index in [9.17, 15) is 9.90 Å². The van der Waals surface area contributed by atoms with Crippen LogP contribution in [0.4, 0.5) is 0 Å². The van der Waals surface area contributed by atoms with Gasteiger partial charge in [0.2, 0.25) is 0 Å². The van der Waals surface area contributed by atoms with Gasteiger partial charge in [-0.05, 0) is 29.7 Å². The van der Waals surface area contributed by atoms with Crippen molar-refractivity contribution in [2.24, 2.45) is 0 Å². The van der Waals surface area contributed by atoms with Gasteiger partial charge in [-0.15, -0.1) is 0 Å². The van der Waals surface area contributed by atoms with Crippen molar-refractivity contribution in [3.8, 4) is 0 Å². The maximum atomic E-state index is 11.2. The molecule has 2 rings (SSSR count). The van der Waals surface area contributed by atoms with E-state index >= 15 is 0 Å². The number of rotatable bonds is 4. The number of carbonyl (C=O) groups excluding carboxylic acids is 1. The highest BCUT2D eigenvalue weighted by Gasteiger charge is 2.13. The third-order valence-corrected chi connectivity index (χ3v) is 3.09. The van der Waals surface area contributed by atoms with E-state index in [0.29, 0.717) is 17.0 Å². The molecule has 1 atom stereocenters. The van der Waals surface area contributed by atoms with Crippen LogP contribution >= 0.6 is 11.6 Å². The van der Waals surface area contributed by atoms with Crippen LogP contribution in [0.2, 0.25) is 5.02 Å². The van der Waals surface area contributed by atoms with Crippen LogP contribution in [-0.2, 0) is 11.2 Å². The average molecular weight is 260 g/mol. The van der Waals surface area contributed by atoms with E-state index < -0.39 is 11.9 Å². The fourth-order valence-corrected chi connectivity index (χ4v) is 2.01. The molecule has 0 bridgehead atoms. The summed E-state index contributed by atoms with van der Waals surface area (Å²) < 4.78 is 0. The molecule has 0 radical (unpaired) electrons. The van der Waals surface area contributed by atoms with Gasteiger partial charge in [0.1, 0.15) is 0 Å². The summed E-state index contributed by atoms with van der Waals surface area (Å²) in [5.74, 6) is -1.72. The van der Waals surface area contributed by atoms with Gasteiger partial charge in [-0.3, -0.25) is 0 Å². The maximum absolute atomic E-state index is 11.2. The SMILES string of the molecule is O=C([O-])C(Cc1ccccc1)c1ccc(Cl)cc1. The van der Waals surface area contributed by atoms with Crippen LogP contribution in [0.25, 0.3) is 0 Å². The van der Waals surface area contributed by atoms with Gasteiger partial charge in [-0.25, -0.2) is 0 Å². The molecule has 0 saturated heterocycles. The first-order valence-electron chi connectivity index (χ1n) is 5.67. The summed E-state index contributed by atoms with van der Waals surface area (Å²) in [6, 6.07) is 16.3. The van der Waals surface area contributed by atoms with Crippen LogP contribution in [0.3, 0.4) is 0 Å². The first-order valence-corrected chi connectivity index (χ1v) is 6.05. The predicted molar refractivity (Wildman–Crippen MR) is 69.3 cm³/mol. The van der Waals surface area contributed by atoms with Gasteiger partial charge in [0.05, 0.1) is 0 Å². The van der Waals surface area contributed by atoms with E-state index in [-0.39, 0.29) is 0 Å². The van der Waals surface area contributed by atoms with Crippen molar-refractivity contribution in [3.05, 3.63) is 70.7 Å². The number of hydrogen-bond acceptors (Lipinski definition) is 2. The Bertz CT molecular complexity index is 520. The highest BCUT2D eigenvalue weighted by Crippen LogP contribution is 2.22. The molecule has 0 aliphatic carbocycles. The normalized spacial score (nSPS) is 12.1. The number of aliphatic carboxylic acids is 1. The minimum Gasteiger partial charge on any atom is -0.549 e. The number of carbonyl (C=O) groups is 1. The van der Waals surface area contributed by atoms with E-state index in [4.69, 9.17) is 11.6 Å². The lowest BCUT2D eigenvalue weighted by molar-refractivity contribution is -0.308. The van der Waals surface area contributed by atoms with Crippen molar-refractivity contribution in [3.63, 3.8) is 0 Å². The topological polar surface area (TPSA) is 40.1 Å². The van der Waals surface area contributed by atoms with Gasteiger partial charge >= 0.3 is 0 Å². The predicted octanol–water partition coefficient (Wildman–Crippen LogP) is 2.42. The zero-order chi connectivity index (χ0) is 13.0. The Morgan fingerprint density at radius 3 is 2.22 bits per heavy atom. The van der Waals surface area contributed by atoms with Crippen LogP contribution in [0.1, 0.15) is 17.0 Å². The van der Waals surface area contributed by atoms with Gasteiger partial charge in [0.25, 0.3) is 0 Å². The van der Waals surface area contributed by atoms with E-state index in [1.54, 1.807) is 24.3 Å². The average Bonchev–Trinajstić information content (AvgIpc) is 2.38. The van der Waals surface area contributed by atoms with Gasteiger partial charge in [0.15, 0.2) is 0 Å². The first-order chi connectivity index (χ1) is 8.66. The second-order valence-corrected chi connectivity index (χ2v) is 4.55. The Hall–Kier alpha value is -1.80. The van der Waals surface area contributed by atoms with Gasteiger partial charge in [-0.1, -0.05) is 54.1 Å². The molecule has 0 heterocycles. The zero-order valence-corrected chi connectivity index (χ0v) is 10.4. The number of benzene rings is 2. The second kappa shape index (κ2) is 5.69. The monoisotopic (exact) mass is 259 g/mol. The third kappa shape index (κ3) is 3.11. The van der Waals surface area contributed by atoms with Gasteiger partial charge < -0.3 is 9.90 Å². The molecule has 0 aliphatic rings. The van der Waals surface area contributed by atoms with Crippen molar-refractivity contribution in [1.82, 2.24) is 0 Å². The van der Waals surface area contributed by atoms with Crippen LogP contribution in [-0.4, -0.2) is 5.97 Å². The molecule has 2 aromatic rings. The molecule has 92 valence electrons. The fourth-order valence-electron chi connectivity index (χ4n) is 1.88. The molecular weight excluding hydrogens is 248 g/mol. The third-order valence-electron chi connectivity index (χ3n) is 2.84. The van der Waals surface area contributed by atoms with Crippen molar-refractivity contribution in [2.45, 2.75) is 12.3 Å². The van der Waals surface area contributed by atoms with E-state index in [1.165, 1.54) is 0 Å². The molecule has 0 saturated carbocycles. The fraction of sp³-hybridized carbons (Fsp3) is 0.133. The zero-order valence-electron chi connectivity index (χ0n) is 9.68. The Balaban J connectivity index is 2.24. The minimum absolute atomic E-state index is 0.421. The second-order valence-electron chi connectivity index (χ2n) is 4.11. The summed E-state index contributed by atoms with van der Waals surface area (Å²) in [5, 5.41) is 11.8. The lowest BCUT2D eigenvalue weighted by Crippen LogP contribution is -2.31. The van der Waals surface area contributed by atoms with Crippen LogP contribution < -0.4 is 5.11 Å². The number of hydrogen-bond donors (Lipinski definition) is 0. The van der Waals surface area contributed by atoms with E-state index in [2.05, 4.69) is 0 Å². The Morgan fingerprint density at radius 2 is 1.67 bits per heavy atom. The molecule has 0 aliphatic heterocycles. The lowest BCUT2D eigenvalue weighted by Gasteiger charge is -2.18. The molecule has 2 nitrogen and oxygen atoms in total. The standard InChI is InChI=1S/C15H13ClO2/c16-13-8-6-12(7-9-13)14(15(17)18)10-11-4-2-1-3-5-11/h1-9,14H,10H2,(H,17,18)/p-1. The molecule has 0 spiro atoms. The van der Waals surface area contributed by atoms with Crippen LogP contribution in [0.15, 0.2) is 54.6 Å². The van der Waals surface area contributed by atoms with E-state index in [1.807, 2.05) is 30.3 Å². The van der Waals surface area contributed by atoms with Crippen molar-refractivity contribution in [2.75, 3.05) is 0 Å². The molecule has 2 aromatic carbocycles. The highest BCUT2D eigenvalue weighted by atomic mass is 35.5. The summed E-state index contributed by atoms with van der Waals surface area (Å²) in [6.45, 7) is 0. The van der Waals surface area contributed by atoms with E-state index in [0.717, 1.165) is 5.56 Å². The van der Waals surface area contributed by atoms with Gasteiger partial charge in [-0.2, -0.15) is 0 Å². The maximum Gasteiger partial charge on any atom is 0.0492 e. The first kappa shape index (κ1) is 12.7. The Kier molecular flexibility index (Phi) is 4.00. The molecule has 0 aromatic heterocycles. The molecule has 18 heavy (non-hydrogen) atoms. The summed E-state index contributed by atoms with van der Waals surface area (Å²) in [4.78, 5) is 11.2. The molecule has 0 amide bonds. The molecule has 1 unspecified atom stereocenters. The largest absolute Gasteiger partial charge is 0.549 e. The summed E-state index contributed by atoms with van der Waals surface area (Å²) >= 11 is 5.79. The summed E-state index contributed by atoms with van der Waals surface area (Å²) in [5.41, 5.74) is 1.69. The highest BCUT2D eigenvalue weighted by molar-refractivity contribution is 6.30. The lowest BCUT2D eigenvalue weighted by atomic mass is 9.92. The minimum atomic E-state index is -1.07. The molecule has 0 N–H and O–H groups in total. The van der Waals surface area contributed by atoms with Crippen molar-refractivity contribution in [1.29, 1.82) is 0 Å². The van der Waals surface area contributed by atoms with Gasteiger partial charge in [0, 0.05) is 16.9 Å². The van der Waals surface area contributed by atoms with Crippen LogP contribution in [0, 0.1) is 0 Å². The van der Waals surface area contributed by atoms with Crippen LogP contribution in [0.5, 0.6) is 0 Å².